The van der Waals surface area contributed by atoms with Crippen LogP contribution >= 0.6 is 12.2 Å². The average molecular weight is 265 g/mol. The summed E-state index contributed by atoms with van der Waals surface area (Å²) in [5.41, 5.74) is 1.55. The highest BCUT2D eigenvalue weighted by atomic mass is 32.1. The lowest BCUT2D eigenvalue weighted by atomic mass is 10.2. The zero-order chi connectivity index (χ0) is 12.5. The number of imidazole rings is 1. The summed E-state index contributed by atoms with van der Waals surface area (Å²) in [4.78, 5) is 11.5. The number of nitrogens with zero attached hydrogens (tertiary/aromatic N) is 4. The fraction of sp³-hybridized carbons (Fsp3) is 0.545. The van der Waals surface area contributed by atoms with Crippen LogP contribution in [0.3, 0.4) is 0 Å². The Morgan fingerprint density at radius 3 is 2.78 bits per heavy atom. The van der Waals surface area contributed by atoms with Crippen molar-refractivity contribution in [2.45, 2.75) is 19.3 Å². The van der Waals surface area contributed by atoms with Crippen molar-refractivity contribution in [3.8, 4) is 5.88 Å². The Bertz CT molecular complexity index is 613. The quantitative estimate of drug-likeness (QED) is 0.836. The van der Waals surface area contributed by atoms with Crippen molar-refractivity contribution in [1.29, 1.82) is 0 Å². The zero-order valence-electron chi connectivity index (χ0n) is 10.2. The number of aromatic nitrogens is 4. The molecule has 0 saturated carbocycles. The summed E-state index contributed by atoms with van der Waals surface area (Å²) in [6.45, 7) is 2.02. The molecule has 0 bridgehead atoms. The number of hydrogen-bond donors (Lipinski definition) is 1. The van der Waals surface area contributed by atoms with Crippen molar-refractivity contribution in [2.24, 2.45) is 0 Å². The highest BCUT2D eigenvalue weighted by Gasteiger charge is 2.17. The van der Waals surface area contributed by atoms with E-state index in [1.165, 1.54) is 25.6 Å². The molecule has 0 aliphatic carbocycles. The first-order valence-electron chi connectivity index (χ1n) is 6.06. The molecule has 6 nitrogen and oxygen atoms in total. The van der Waals surface area contributed by atoms with E-state index >= 15 is 0 Å². The Kier molecular flexibility index (Phi) is 2.91. The fourth-order valence-electron chi connectivity index (χ4n) is 2.38. The van der Waals surface area contributed by atoms with Crippen LogP contribution in [0, 0.1) is 4.77 Å². The van der Waals surface area contributed by atoms with Crippen LogP contribution < -0.4 is 9.75 Å². The zero-order valence-corrected chi connectivity index (χ0v) is 11.0. The van der Waals surface area contributed by atoms with Gasteiger partial charge in [0.05, 0.1) is 7.11 Å². The first kappa shape index (κ1) is 11.5. The third-order valence-electron chi connectivity index (χ3n) is 3.23. The third-order valence-corrected chi connectivity index (χ3v) is 3.50. The van der Waals surface area contributed by atoms with Gasteiger partial charge >= 0.3 is 0 Å². The molecule has 3 rings (SSSR count). The van der Waals surface area contributed by atoms with Crippen molar-refractivity contribution < 1.29 is 4.74 Å². The summed E-state index contributed by atoms with van der Waals surface area (Å²) < 4.78 is 7.83. The molecule has 96 valence electrons. The molecule has 1 N–H and O–H groups in total. The molecule has 3 heterocycles. The van der Waals surface area contributed by atoms with E-state index in [1.54, 1.807) is 7.11 Å². The predicted octanol–water partition coefficient (Wildman–Crippen LogP) is 1.62. The molecule has 0 radical (unpaired) electrons. The van der Waals surface area contributed by atoms with Gasteiger partial charge in [0.25, 0.3) is 0 Å². The second-order valence-electron chi connectivity index (χ2n) is 4.34. The number of ether oxygens (including phenoxy) is 1. The molecule has 2 aromatic rings. The van der Waals surface area contributed by atoms with Crippen molar-refractivity contribution >= 4 is 23.4 Å². The van der Waals surface area contributed by atoms with Crippen molar-refractivity contribution in [3.63, 3.8) is 0 Å². The Labute approximate surface area is 110 Å². The van der Waals surface area contributed by atoms with Gasteiger partial charge in [0.15, 0.2) is 10.4 Å². The lowest BCUT2D eigenvalue weighted by molar-refractivity contribution is 0.401. The molecular formula is C11H15N5OS. The second kappa shape index (κ2) is 4.56. The summed E-state index contributed by atoms with van der Waals surface area (Å²) in [6, 6.07) is 0. The van der Waals surface area contributed by atoms with Gasteiger partial charge in [0.2, 0.25) is 5.88 Å². The van der Waals surface area contributed by atoms with Gasteiger partial charge < -0.3 is 14.7 Å². The standard InChI is InChI=1S/C11H15N5OS/c1-17-10-8-9(12-7-13-10)16(11(18)14-8)15-5-3-2-4-6-15/h7H,2-6H2,1H3,(H,14,18). The smallest absolute Gasteiger partial charge is 0.243 e. The summed E-state index contributed by atoms with van der Waals surface area (Å²) >= 11 is 5.38. The molecule has 18 heavy (non-hydrogen) atoms. The maximum atomic E-state index is 5.38. The first-order valence-corrected chi connectivity index (χ1v) is 6.47. The van der Waals surface area contributed by atoms with E-state index in [4.69, 9.17) is 17.0 Å². The first-order chi connectivity index (χ1) is 8.81. The van der Waals surface area contributed by atoms with Crippen LogP contribution in [0.2, 0.25) is 0 Å². The van der Waals surface area contributed by atoms with E-state index in [9.17, 15) is 0 Å². The molecule has 2 aromatic heterocycles. The van der Waals surface area contributed by atoms with E-state index in [0.29, 0.717) is 10.7 Å². The van der Waals surface area contributed by atoms with Gasteiger partial charge in [-0.05, 0) is 31.5 Å². The molecule has 1 fully saturated rings. The number of piperidine rings is 1. The topological polar surface area (TPSA) is 59.0 Å². The highest BCUT2D eigenvalue weighted by molar-refractivity contribution is 7.71. The van der Waals surface area contributed by atoms with Crippen LogP contribution in [0.4, 0.5) is 0 Å². The third kappa shape index (κ3) is 1.74. The number of hydrogen-bond acceptors (Lipinski definition) is 5. The molecule has 0 spiro atoms. The van der Waals surface area contributed by atoms with E-state index < -0.39 is 0 Å². The van der Waals surface area contributed by atoms with Crippen LogP contribution in [-0.2, 0) is 0 Å². The van der Waals surface area contributed by atoms with Crippen LogP contribution in [-0.4, -0.2) is 39.8 Å². The molecule has 0 atom stereocenters. The van der Waals surface area contributed by atoms with E-state index in [2.05, 4.69) is 20.0 Å². The molecule has 0 unspecified atom stereocenters. The van der Waals surface area contributed by atoms with Gasteiger partial charge in [-0.2, -0.15) is 4.98 Å². The Morgan fingerprint density at radius 1 is 1.28 bits per heavy atom. The number of rotatable bonds is 2. The molecule has 1 saturated heterocycles. The maximum absolute atomic E-state index is 5.38. The summed E-state index contributed by atoms with van der Waals surface area (Å²) in [5, 5.41) is 2.23. The predicted molar refractivity (Wildman–Crippen MR) is 71.1 cm³/mol. The lowest BCUT2D eigenvalue weighted by Gasteiger charge is -2.29. The normalized spacial score (nSPS) is 16.2. The van der Waals surface area contributed by atoms with Gasteiger partial charge in [-0.1, -0.05) is 0 Å². The molecule has 1 aliphatic heterocycles. The number of aromatic amines is 1. The minimum absolute atomic E-state index is 0.529. The van der Waals surface area contributed by atoms with Crippen molar-refractivity contribution in [3.05, 3.63) is 11.1 Å². The van der Waals surface area contributed by atoms with Gasteiger partial charge in [-0.15, -0.1) is 0 Å². The van der Waals surface area contributed by atoms with E-state index in [1.807, 2.05) is 4.68 Å². The van der Waals surface area contributed by atoms with Gasteiger partial charge in [-0.3, -0.25) is 0 Å². The SMILES string of the molecule is COc1ncnc2c1[nH]c(=S)n2N1CCCCC1. The number of nitrogens with one attached hydrogen (secondary N) is 1. The number of fused-ring (bicyclic) bond motifs is 1. The molecule has 7 heteroatoms. The minimum Gasteiger partial charge on any atom is -0.479 e. The molecule has 0 amide bonds. The Balaban J connectivity index is 2.16. The number of H-pyrrole nitrogens is 1. The maximum Gasteiger partial charge on any atom is 0.243 e. The average Bonchev–Trinajstić information content (AvgIpc) is 2.75. The monoisotopic (exact) mass is 265 g/mol. The van der Waals surface area contributed by atoms with Gasteiger partial charge in [0, 0.05) is 13.1 Å². The molecule has 1 aliphatic rings. The Morgan fingerprint density at radius 2 is 2.06 bits per heavy atom. The second-order valence-corrected chi connectivity index (χ2v) is 4.72. The van der Waals surface area contributed by atoms with Gasteiger partial charge in [0.1, 0.15) is 11.8 Å². The van der Waals surface area contributed by atoms with E-state index in [-0.39, 0.29) is 0 Å². The van der Waals surface area contributed by atoms with Crippen molar-refractivity contribution in [1.82, 2.24) is 19.6 Å². The van der Waals surface area contributed by atoms with Crippen molar-refractivity contribution in [2.75, 3.05) is 25.2 Å². The van der Waals surface area contributed by atoms with Crippen LogP contribution in [0.1, 0.15) is 19.3 Å². The number of methoxy groups -OCH3 is 1. The molecular weight excluding hydrogens is 250 g/mol. The van der Waals surface area contributed by atoms with Crippen LogP contribution in [0.5, 0.6) is 5.88 Å². The summed E-state index contributed by atoms with van der Waals surface area (Å²) in [6.07, 6.45) is 5.17. The fourth-order valence-corrected chi connectivity index (χ4v) is 2.69. The summed E-state index contributed by atoms with van der Waals surface area (Å²) in [5.74, 6) is 0.529. The minimum atomic E-state index is 0.529. The largest absolute Gasteiger partial charge is 0.479 e. The lowest BCUT2D eigenvalue weighted by Crippen LogP contribution is -2.39. The highest BCUT2D eigenvalue weighted by Crippen LogP contribution is 2.21. The summed E-state index contributed by atoms with van der Waals surface area (Å²) in [7, 11) is 1.59. The Hall–Kier alpha value is -1.63. The molecule has 0 aromatic carbocycles. The van der Waals surface area contributed by atoms with Gasteiger partial charge in [-0.25, -0.2) is 9.66 Å². The van der Waals surface area contributed by atoms with E-state index in [0.717, 1.165) is 24.3 Å². The van der Waals surface area contributed by atoms with Crippen LogP contribution in [0.25, 0.3) is 11.2 Å². The van der Waals surface area contributed by atoms with Crippen LogP contribution in [0.15, 0.2) is 6.33 Å².